The molecule has 2 aromatic heterocycles. The zero-order chi connectivity index (χ0) is 16.2. The number of thioether (sulfide) groups is 1. The number of anilines is 2. The first kappa shape index (κ1) is 16.0. The minimum Gasteiger partial charge on any atom is -0.334 e. The van der Waals surface area contributed by atoms with Gasteiger partial charge in [0.25, 0.3) is 5.56 Å². The van der Waals surface area contributed by atoms with Gasteiger partial charge in [-0.25, -0.2) is 0 Å². The summed E-state index contributed by atoms with van der Waals surface area (Å²) in [4.78, 5) is 13.6. The zero-order valence-electron chi connectivity index (χ0n) is 12.2. The lowest BCUT2D eigenvalue weighted by molar-refractivity contribution is 0.667. The van der Waals surface area contributed by atoms with Crippen LogP contribution in [0.15, 0.2) is 51.7 Å². The van der Waals surface area contributed by atoms with Crippen LogP contribution in [0.2, 0.25) is 5.02 Å². The van der Waals surface area contributed by atoms with Gasteiger partial charge in [-0.15, -0.1) is 21.5 Å². The number of thiophene rings is 1. The third kappa shape index (κ3) is 3.93. The van der Waals surface area contributed by atoms with Gasteiger partial charge in [0, 0.05) is 28.4 Å². The number of halogens is 1. The van der Waals surface area contributed by atoms with Crippen molar-refractivity contribution in [1.29, 1.82) is 0 Å². The highest BCUT2D eigenvalue weighted by atomic mass is 35.5. The van der Waals surface area contributed by atoms with Gasteiger partial charge in [-0.05, 0) is 29.6 Å². The molecular weight excluding hydrogens is 352 g/mol. The molecule has 5 nitrogen and oxygen atoms in total. The molecule has 0 aliphatic heterocycles. The van der Waals surface area contributed by atoms with Crippen LogP contribution in [-0.4, -0.2) is 14.8 Å². The lowest BCUT2D eigenvalue weighted by atomic mass is 10.3. The highest BCUT2D eigenvalue weighted by molar-refractivity contribution is 7.98. The van der Waals surface area contributed by atoms with Crippen LogP contribution in [0.4, 0.5) is 11.5 Å². The van der Waals surface area contributed by atoms with Crippen molar-refractivity contribution in [2.75, 3.05) is 5.32 Å². The lowest BCUT2D eigenvalue weighted by Gasteiger charge is -2.09. The quantitative estimate of drug-likeness (QED) is 0.695. The van der Waals surface area contributed by atoms with Crippen molar-refractivity contribution in [2.45, 2.75) is 10.9 Å². The van der Waals surface area contributed by atoms with Crippen molar-refractivity contribution in [3.8, 4) is 0 Å². The van der Waals surface area contributed by atoms with Gasteiger partial charge in [-0.2, -0.15) is 0 Å². The van der Waals surface area contributed by atoms with Crippen LogP contribution in [0.3, 0.4) is 0 Å². The summed E-state index contributed by atoms with van der Waals surface area (Å²) < 4.78 is 1.50. The van der Waals surface area contributed by atoms with E-state index in [2.05, 4.69) is 21.6 Å². The van der Waals surface area contributed by atoms with Gasteiger partial charge < -0.3 is 5.32 Å². The summed E-state index contributed by atoms with van der Waals surface area (Å²) in [5, 5.41) is 14.3. The topological polar surface area (TPSA) is 59.8 Å². The minimum atomic E-state index is -0.228. The van der Waals surface area contributed by atoms with Crippen molar-refractivity contribution >= 4 is 46.2 Å². The van der Waals surface area contributed by atoms with E-state index in [9.17, 15) is 4.79 Å². The summed E-state index contributed by atoms with van der Waals surface area (Å²) in [5.74, 6) is 0.941. The molecule has 0 radical (unpaired) electrons. The average Bonchev–Trinajstić information content (AvgIpc) is 3.05. The fourth-order valence-corrected chi connectivity index (χ4v) is 3.76. The maximum absolute atomic E-state index is 12.4. The van der Waals surface area contributed by atoms with Gasteiger partial charge >= 0.3 is 0 Å². The second-order valence-corrected chi connectivity index (χ2v) is 7.11. The van der Waals surface area contributed by atoms with E-state index in [0.29, 0.717) is 15.9 Å². The van der Waals surface area contributed by atoms with Crippen LogP contribution >= 0.6 is 34.7 Å². The SMILES string of the molecule is Cn1c(SCc2cccs2)nnc(Nc2cccc(Cl)c2)c1=O. The Balaban J connectivity index is 1.78. The highest BCUT2D eigenvalue weighted by Crippen LogP contribution is 2.22. The first-order valence-corrected chi connectivity index (χ1v) is 8.99. The van der Waals surface area contributed by atoms with Crippen LogP contribution in [-0.2, 0) is 12.8 Å². The van der Waals surface area contributed by atoms with Crippen LogP contribution in [0, 0.1) is 0 Å². The second-order valence-electron chi connectivity index (χ2n) is 4.70. The molecule has 0 spiro atoms. The number of nitrogens with one attached hydrogen (secondary N) is 1. The van der Waals surface area contributed by atoms with Crippen LogP contribution in [0.1, 0.15) is 4.88 Å². The molecule has 0 unspecified atom stereocenters. The Kier molecular flexibility index (Phi) is 5.00. The normalized spacial score (nSPS) is 10.7. The lowest BCUT2D eigenvalue weighted by Crippen LogP contribution is -2.24. The summed E-state index contributed by atoms with van der Waals surface area (Å²) >= 11 is 9.10. The Morgan fingerprint density at radius 1 is 1.30 bits per heavy atom. The molecule has 0 aliphatic carbocycles. The third-order valence-electron chi connectivity index (χ3n) is 3.04. The third-order valence-corrected chi connectivity index (χ3v) is 5.40. The molecule has 118 valence electrons. The number of hydrogen-bond acceptors (Lipinski definition) is 6. The number of rotatable bonds is 5. The van der Waals surface area contributed by atoms with E-state index < -0.39 is 0 Å². The summed E-state index contributed by atoms with van der Waals surface area (Å²) in [6, 6.07) is 11.2. The van der Waals surface area contributed by atoms with E-state index in [1.165, 1.54) is 21.2 Å². The molecule has 3 aromatic rings. The molecule has 0 bridgehead atoms. The minimum absolute atomic E-state index is 0.176. The largest absolute Gasteiger partial charge is 0.334 e. The molecule has 1 aromatic carbocycles. The maximum Gasteiger partial charge on any atom is 0.297 e. The standard InChI is InChI=1S/C15H13ClN4OS2/c1-20-14(21)13(17-11-5-2-4-10(16)8-11)18-19-15(20)23-9-12-6-3-7-22-12/h2-8H,9H2,1H3,(H,17,18). The van der Waals surface area contributed by atoms with Crippen molar-refractivity contribution < 1.29 is 0 Å². The van der Waals surface area contributed by atoms with Crippen LogP contribution in [0.25, 0.3) is 0 Å². The Morgan fingerprint density at radius 3 is 2.91 bits per heavy atom. The van der Waals surface area contributed by atoms with Crippen molar-refractivity contribution in [3.05, 3.63) is 62.0 Å². The van der Waals surface area contributed by atoms with Gasteiger partial charge in [0.1, 0.15) is 0 Å². The first-order chi connectivity index (χ1) is 11.1. The van der Waals surface area contributed by atoms with E-state index in [1.807, 2.05) is 17.5 Å². The average molecular weight is 365 g/mol. The number of nitrogens with zero attached hydrogens (tertiary/aromatic N) is 3. The molecule has 1 N–H and O–H groups in total. The Hall–Kier alpha value is -1.83. The summed E-state index contributed by atoms with van der Waals surface area (Å²) in [6.07, 6.45) is 0. The highest BCUT2D eigenvalue weighted by Gasteiger charge is 2.10. The van der Waals surface area contributed by atoms with Gasteiger partial charge in [0.05, 0.1) is 0 Å². The molecule has 0 saturated carbocycles. The smallest absolute Gasteiger partial charge is 0.297 e. The molecule has 8 heteroatoms. The van der Waals surface area contributed by atoms with E-state index in [0.717, 1.165) is 5.75 Å². The van der Waals surface area contributed by atoms with Gasteiger partial charge in [0.15, 0.2) is 5.16 Å². The molecule has 0 atom stereocenters. The van der Waals surface area contributed by atoms with Gasteiger partial charge in [0.2, 0.25) is 5.82 Å². The maximum atomic E-state index is 12.4. The Morgan fingerprint density at radius 2 is 2.17 bits per heavy atom. The molecular formula is C15H13ClN4OS2. The second kappa shape index (κ2) is 7.16. The molecule has 0 saturated heterocycles. The number of benzene rings is 1. The van der Waals surface area contributed by atoms with Crippen molar-refractivity contribution in [2.24, 2.45) is 7.05 Å². The summed E-state index contributed by atoms with van der Waals surface area (Å²) in [7, 11) is 1.69. The van der Waals surface area contributed by atoms with Crippen LogP contribution < -0.4 is 10.9 Å². The van der Waals surface area contributed by atoms with Crippen molar-refractivity contribution in [3.63, 3.8) is 0 Å². The fourth-order valence-electron chi connectivity index (χ4n) is 1.89. The molecule has 3 rings (SSSR count). The zero-order valence-corrected chi connectivity index (χ0v) is 14.6. The van der Waals surface area contributed by atoms with E-state index in [4.69, 9.17) is 11.6 Å². The van der Waals surface area contributed by atoms with E-state index in [1.54, 1.807) is 36.6 Å². The summed E-state index contributed by atoms with van der Waals surface area (Å²) in [6.45, 7) is 0. The number of hydrogen-bond donors (Lipinski definition) is 1. The predicted molar refractivity (Wildman–Crippen MR) is 95.9 cm³/mol. The van der Waals surface area contributed by atoms with E-state index >= 15 is 0 Å². The first-order valence-electron chi connectivity index (χ1n) is 6.75. The molecule has 23 heavy (non-hydrogen) atoms. The molecule has 0 amide bonds. The predicted octanol–water partition coefficient (Wildman–Crippen LogP) is 3.93. The molecule has 2 heterocycles. The monoisotopic (exact) mass is 364 g/mol. The Bertz CT molecular complexity index is 864. The van der Waals surface area contributed by atoms with Crippen molar-refractivity contribution in [1.82, 2.24) is 14.8 Å². The number of aromatic nitrogens is 3. The Labute approximate surface area is 146 Å². The molecule has 0 fully saturated rings. The molecule has 0 aliphatic rings. The van der Waals surface area contributed by atoms with E-state index in [-0.39, 0.29) is 11.4 Å². The summed E-state index contributed by atoms with van der Waals surface area (Å²) in [5.41, 5.74) is 0.469. The fraction of sp³-hybridized carbons (Fsp3) is 0.133. The van der Waals surface area contributed by atoms with Crippen LogP contribution in [0.5, 0.6) is 0 Å². The van der Waals surface area contributed by atoms with Gasteiger partial charge in [-0.3, -0.25) is 9.36 Å². The van der Waals surface area contributed by atoms with Gasteiger partial charge in [-0.1, -0.05) is 35.5 Å².